The minimum Gasteiger partial charge on any atom is -0.478 e. The van der Waals surface area contributed by atoms with Crippen molar-refractivity contribution < 1.29 is 38.6 Å². The molecule has 4 aromatic heterocycles. The molecule has 0 fully saturated rings. The molecule has 0 amide bonds. The SMILES string of the molecule is O=C(O)c1csc(-c2ccc(F)nc2)c1.O=C(O)c1csc(Br)c1.OB(O)c1ccc(F)nc1. The second-order valence-corrected chi connectivity index (χ2v) is 9.31. The maximum atomic E-state index is 12.5. The van der Waals surface area contributed by atoms with Gasteiger partial charge in [0.2, 0.25) is 11.9 Å². The van der Waals surface area contributed by atoms with Crippen LogP contribution in [-0.4, -0.2) is 49.3 Å². The smallest absolute Gasteiger partial charge is 0.478 e. The molecule has 0 unspecified atom stereocenters. The summed E-state index contributed by atoms with van der Waals surface area (Å²) in [6.45, 7) is 0. The number of rotatable bonds is 4. The van der Waals surface area contributed by atoms with E-state index in [-0.39, 0.29) is 11.0 Å². The van der Waals surface area contributed by atoms with Crippen LogP contribution in [0.25, 0.3) is 10.4 Å². The Balaban J connectivity index is 0.000000189. The molecule has 0 saturated heterocycles. The summed E-state index contributed by atoms with van der Waals surface area (Å²) in [7, 11) is -1.58. The summed E-state index contributed by atoms with van der Waals surface area (Å²) in [6, 6.07) is 8.26. The number of carbonyl (C=O) groups is 2. The first kappa shape index (κ1) is 27.2. The molecule has 14 heteroatoms. The van der Waals surface area contributed by atoms with Gasteiger partial charge in [0.25, 0.3) is 0 Å². The Morgan fingerprint density at radius 1 is 0.853 bits per heavy atom. The molecule has 34 heavy (non-hydrogen) atoms. The van der Waals surface area contributed by atoms with E-state index < -0.39 is 31.0 Å². The van der Waals surface area contributed by atoms with Gasteiger partial charge in [0, 0.05) is 39.1 Å². The molecular weight excluding hydrogens is 557 g/mol. The Labute approximate surface area is 208 Å². The number of aromatic carboxylic acids is 2. The fraction of sp³-hybridized carbons (Fsp3) is 0. The average Bonchev–Trinajstić information content (AvgIpc) is 3.45. The van der Waals surface area contributed by atoms with Gasteiger partial charge in [0.15, 0.2) is 0 Å². The van der Waals surface area contributed by atoms with Crippen molar-refractivity contribution in [2.24, 2.45) is 0 Å². The highest BCUT2D eigenvalue weighted by Gasteiger charge is 2.10. The van der Waals surface area contributed by atoms with Crippen molar-refractivity contribution >= 4 is 63.1 Å². The fourth-order valence-electron chi connectivity index (χ4n) is 2.08. The third-order valence-corrected chi connectivity index (χ3v) is 6.20. The van der Waals surface area contributed by atoms with E-state index in [0.29, 0.717) is 11.1 Å². The normalized spacial score (nSPS) is 9.79. The number of pyridine rings is 2. The van der Waals surface area contributed by atoms with Gasteiger partial charge in [-0.15, -0.1) is 22.7 Å². The molecule has 0 atom stereocenters. The van der Waals surface area contributed by atoms with Crippen LogP contribution in [0.4, 0.5) is 8.78 Å². The Morgan fingerprint density at radius 3 is 1.79 bits per heavy atom. The van der Waals surface area contributed by atoms with E-state index >= 15 is 0 Å². The number of thiophene rings is 2. The van der Waals surface area contributed by atoms with Crippen LogP contribution in [0.15, 0.2) is 63.3 Å². The number of carboxylic acids is 2. The second kappa shape index (κ2) is 13.0. The highest BCUT2D eigenvalue weighted by atomic mass is 79.9. The summed E-state index contributed by atoms with van der Waals surface area (Å²) >= 11 is 5.82. The number of aromatic nitrogens is 2. The van der Waals surface area contributed by atoms with Crippen LogP contribution in [0, 0.1) is 11.9 Å². The largest absolute Gasteiger partial charge is 0.490 e. The predicted molar refractivity (Wildman–Crippen MR) is 127 cm³/mol. The van der Waals surface area contributed by atoms with E-state index in [1.807, 2.05) is 0 Å². The van der Waals surface area contributed by atoms with Crippen LogP contribution in [0.2, 0.25) is 0 Å². The molecule has 0 bridgehead atoms. The molecule has 4 N–H and O–H groups in total. The van der Waals surface area contributed by atoms with Crippen LogP contribution in [0.5, 0.6) is 0 Å². The first-order chi connectivity index (χ1) is 16.1. The quantitative estimate of drug-likeness (QED) is 0.215. The predicted octanol–water partition coefficient (Wildman–Crippen LogP) is 3.76. The van der Waals surface area contributed by atoms with Crippen LogP contribution >= 0.6 is 38.6 Å². The number of hydrogen-bond acceptors (Lipinski definition) is 8. The summed E-state index contributed by atoms with van der Waals surface area (Å²) in [4.78, 5) is 28.3. The van der Waals surface area contributed by atoms with Gasteiger partial charge in [-0.05, 0) is 46.3 Å². The number of nitrogens with zero attached hydrogens (tertiary/aromatic N) is 2. The molecule has 0 aliphatic heterocycles. The van der Waals surface area contributed by atoms with Crippen molar-refractivity contribution in [2.45, 2.75) is 0 Å². The zero-order valence-corrected chi connectivity index (χ0v) is 20.0. The molecule has 0 spiro atoms. The summed E-state index contributed by atoms with van der Waals surface area (Å²) in [6.07, 6.45) is 2.45. The summed E-state index contributed by atoms with van der Waals surface area (Å²) in [5, 5.41) is 37.3. The molecule has 8 nitrogen and oxygen atoms in total. The third kappa shape index (κ3) is 8.72. The Kier molecular flexibility index (Phi) is 10.4. The van der Waals surface area contributed by atoms with Crippen LogP contribution in [0.3, 0.4) is 0 Å². The van der Waals surface area contributed by atoms with Gasteiger partial charge in [0.1, 0.15) is 0 Å². The molecular formula is C20H14BBrF2N2O6S2. The van der Waals surface area contributed by atoms with E-state index in [1.165, 1.54) is 41.0 Å². The summed E-state index contributed by atoms with van der Waals surface area (Å²) in [5.41, 5.74) is 1.47. The van der Waals surface area contributed by atoms with Crippen molar-refractivity contribution in [1.82, 2.24) is 9.97 Å². The maximum Gasteiger partial charge on any atom is 0.490 e. The molecule has 0 aromatic carbocycles. The molecule has 4 rings (SSSR count). The maximum absolute atomic E-state index is 12.5. The Hall–Kier alpha value is -3.04. The zero-order chi connectivity index (χ0) is 25.3. The van der Waals surface area contributed by atoms with Crippen LogP contribution in [0.1, 0.15) is 20.7 Å². The van der Waals surface area contributed by atoms with Crippen molar-refractivity contribution in [3.05, 3.63) is 86.4 Å². The molecule has 0 aliphatic rings. The van der Waals surface area contributed by atoms with Crippen molar-refractivity contribution in [3.8, 4) is 10.4 Å². The summed E-state index contributed by atoms with van der Waals surface area (Å²) in [5.74, 6) is -3.03. The fourth-order valence-corrected chi connectivity index (χ4v) is 4.09. The van der Waals surface area contributed by atoms with Gasteiger partial charge in [-0.25, -0.2) is 19.6 Å². The van der Waals surface area contributed by atoms with Gasteiger partial charge < -0.3 is 20.3 Å². The molecule has 0 saturated carbocycles. The molecule has 176 valence electrons. The monoisotopic (exact) mass is 570 g/mol. The Bertz CT molecular complexity index is 1240. The number of hydrogen-bond donors (Lipinski definition) is 4. The molecule has 0 aliphatic carbocycles. The van der Waals surface area contributed by atoms with Gasteiger partial charge in [0.05, 0.1) is 14.9 Å². The highest BCUT2D eigenvalue weighted by Crippen LogP contribution is 2.26. The van der Waals surface area contributed by atoms with Crippen LogP contribution < -0.4 is 5.46 Å². The Morgan fingerprint density at radius 2 is 1.41 bits per heavy atom. The minimum absolute atomic E-state index is 0.182. The second-order valence-electron chi connectivity index (χ2n) is 6.11. The lowest BCUT2D eigenvalue weighted by Crippen LogP contribution is -2.30. The average molecular weight is 571 g/mol. The lowest BCUT2D eigenvalue weighted by molar-refractivity contribution is 0.0686. The van der Waals surface area contributed by atoms with Gasteiger partial charge in [-0.2, -0.15) is 8.78 Å². The minimum atomic E-state index is -1.58. The van der Waals surface area contributed by atoms with Crippen molar-refractivity contribution in [1.29, 1.82) is 0 Å². The lowest BCUT2D eigenvalue weighted by atomic mass is 9.82. The lowest BCUT2D eigenvalue weighted by Gasteiger charge is -1.95. The molecule has 0 radical (unpaired) electrons. The standard InChI is InChI=1S/C10H6FNO2S.C5H5BFNO2.C5H3BrO2S/c11-9-2-1-6(4-12-9)8-3-7(5-15-8)10(13)14;7-5-2-1-4(3-8-5)6(9)10;6-4-1-3(2-9-4)5(7)8/h1-5H,(H,13,14);1-3,9-10H;1-2H,(H,7,8). The summed E-state index contributed by atoms with van der Waals surface area (Å²) < 4.78 is 25.5. The highest BCUT2D eigenvalue weighted by molar-refractivity contribution is 9.11. The first-order valence-corrected chi connectivity index (χ1v) is 11.5. The van der Waals surface area contributed by atoms with Gasteiger partial charge in [-0.3, -0.25) is 0 Å². The van der Waals surface area contributed by atoms with E-state index in [4.69, 9.17) is 20.3 Å². The first-order valence-electron chi connectivity index (χ1n) is 8.95. The van der Waals surface area contributed by atoms with E-state index in [9.17, 15) is 18.4 Å². The van der Waals surface area contributed by atoms with Crippen molar-refractivity contribution in [2.75, 3.05) is 0 Å². The van der Waals surface area contributed by atoms with Crippen LogP contribution in [-0.2, 0) is 0 Å². The van der Waals surface area contributed by atoms with Gasteiger partial charge in [-0.1, -0.05) is 6.07 Å². The number of carboxylic acid groups (broad SMARTS) is 2. The van der Waals surface area contributed by atoms with E-state index in [0.717, 1.165) is 20.9 Å². The van der Waals surface area contributed by atoms with E-state index in [1.54, 1.807) is 29.0 Å². The number of halogens is 3. The van der Waals surface area contributed by atoms with E-state index in [2.05, 4.69) is 25.9 Å². The van der Waals surface area contributed by atoms with Crippen molar-refractivity contribution in [3.63, 3.8) is 0 Å². The topological polar surface area (TPSA) is 141 Å². The molecule has 4 heterocycles. The third-order valence-electron chi connectivity index (χ3n) is 3.72. The molecule has 4 aromatic rings. The zero-order valence-electron chi connectivity index (χ0n) is 16.8. The van der Waals surface area contributed by atoms with Gasteiger partial charge >= 0.3 is 19.1 Å².